The molecule has 10 nitrogen and oxygen atoms in total. The number of hydrogen-bond donors (Lipinski definition) is 1. The molecule has 3 aromatic rings. The van der Waals surface area contributed by atoms with Crippen LogP contribution in [0.4, 0.5) is 16.2 Å². The first kappa shape index (κ1) is 24.0. The van der Waals surface area contributed by atoms with E-state index in [-0.39, 0.29) is 11.3 Å². The van der Waals surface area contributed by atoms with Crippen LogP contribution in [0.5, 0.6) is 0 Å². The maximum absolute atomic E-state index is 13.4. The third kappa shape index (κ3) is 4.14. The number of aromatic nitrogens is 2. The molecule has 35 heavy (non-hydrogen) atoms. The number of imide groups is 2. The molecule has 1 saturated heterocycles. The van der Waals surface area contributed by atoms with E-state index in [2.05, 4.69) is 26.3 Å². The number of nitro groups is 1. The van der Waals surface area contributed by atoms with Crippen LogP contribution in [0.1, 0.15) is 28.1 Å². The van der Waals surface area contributed by atoms with Gasteiger partial charge in [-0.25, -0.2) is 14.4 Å². The van der Waals surface area contributed by atoms with E-state index in [9.17, 15) is 24.5 Å². The number of nitrogens with one attached hydrogen (secondary N) is 1. The summed E-state index contributed by atoms with van der Waals surface area (Å²) >= 11 is 3.43. The van der Waals surface area contributed by atoms with Crippen molar-refractivity contribution in [2.75, 3.05) is 4.90 Å². The van der Waals surface area contributed by atoms with Crippen LogP contribution in [0.3, 0.4) is 0 Å². The Hall–Kier alpha value is -4.12. The maximum Gasteiger partial charge on any atom is 0.335 e. The first-order valence-corrected chi connectivity index (χ1v) is 11.3. The van der Waals surface area contributed by atoms with Crippen molar-refractivity contribution in [3.63, 3.8) is 0 Å². The van der Waals surface area contributed by atoms with Gasteiger partial charge in [-0.15, -0.1) is 0 Å². The van der Waals surface area contributed by atoms with Gasteiger partial charge in [-0.05, 0) is 63.1 Å². The molecule has 2 heterocycles. The summed E-state index contributed by atoms with van der Waals surface area (Å²) in [4.78, 5) is 50.3. The largest absolute Gasteiger partial charge is 0.335 e. The molecule has 0 unspecified atom stereocenters. The number of aryl methyl sites for hydroxylation is 1. The molecule has 1 aliphatic heterocycles. The number of barbiturate groups is 1. The SMILES string of the molecule is Cc1nn(-c2cccc([N+](=O)[O-])c2)c(C)c1/C=C1\C(=O)NC(=O)N(c2ccc(Br)c(C)c2C)C1=O. The van der Waals surface area contributed by atoms with Crippen LogP contribution in [-0.4, -0.2) is 32.5 Å². The molecule has 1 N–H and O–H groups in total. The molecule has 4 rings (SSSR count). The summed E-state index contributed by atoms with van der Waals surface area (Å²) in [5.41, 5.74) is 3.64. The number of urea groups is 1. The van der Waals surface area contributed by atoms with Crippen LogP contribution in [0.2, 0.25) is 0 Å². The monoisotopic (exact) mass is 537 g/mol. The van der Waals surface area contributed by atoms with Crippen molar-refractivity contribution in [1.82, 2.24) is 15.1 Å². The Bertz CT molecular complexity index is 1470. The predicted molar refractivity (Wildman–Crippen MR) is 132 cm³/mol. The van der Waals surface area contributed by atoms with Crippen molar-refractivity contribution >= 4 is 51.2 Å². The zero-order valence-corrected chi connectivity index (χ0v) is 20.8. The Labute approximate surface area is 208 Å². The second-order valence-electron chi connectivity index (χ2n) is 8.05. The summed E-state index contributed by atoms with van der Waals surface area (Å²) in [7, 11) is 0. The Morgan fingerprint density at radius 3 is 2.46 bits per heavy atom. The fraction of sp³-hybridized carbons (Fsp3) is 0.167. The molecular formula is C24H20BrN5O5. The lowest BCUT2D eigenvalue weighted by Gasteiger charge is -2.28. The van der Waals surface area contributed by atoms with Gasteiger partial charge in [-0.1, -0.05) is 22.0 Å². The first-order valence-electron chi connectivity index (χ1n) is 10.5. The van der Waals surface area contributed by atoms with E-state index >= 15 is 0 Å². The summed E-state index contributed by atoms with van der Waals surface area (Å²) in [5.74, 6) is -1.57. The molecule has 0 aliphatic carbocycles. The lowest BCUT2D eigenvalue weighted by molar-refractivity contribution is -0.384. The number of benzene rings is 2. The van der Waals surface area contributed by atoms with Crippen molar-refractivity contribution in [1.29, 1.82) is 0 Å². The van der Waals surface area contributed by atoms with Crippen LogP contribution in [0.15, 0.2) is 46.4 Å². The van der Waals surface area contributed by atoms with E-state index in [4.69, 9.17) is 0 Å². The molecule has 0 saturated carbocycles. The fourth-order valence-electron chi connectivity index (χ4n) is 3.89. The fourth-order valence-corrected chi connectivity index (χ4v) is 4.32. The number of nitro benzene ring substituents is 1. The van der Waals surface area contributed by atoms with E-state index in [1.165, 1.54) is 22.9 Å². The molecule has 1 aliphatic rings. The summed E-state index contributed by atoms with van der Waals surface area (Å²) in [6.45, 7) is 7.06. The number of halogens is 1. The smallest absolute Gasteiger partial charge is 0.273 e. The Balaban J connectivity index is 1.79. The summed E-state index contributed by atoms with van der Waals surface area (Å²) < 4.78 is 2.33. The van der Waals surface area contributed by atoms with E-state index in [1.54, 1.807) is 45.0 Å². The van der Waals surface area contributed by atoms with Crippen molar-refractivity contribution in [3.05, 3.63) is 84.6 Å². The summed E-state index contributed by atoms with van der Waals surface area (Å²) in [6, 6.07) is 8.51. The van der Waals surface area contributed by atoms with E-state index in [1.807, 2.05) is 6.92 Å². The average molecular weight is 538 g/mol. The van der Waals surface area contributed by atoms with Crippen LogP contribution in [-0.2, 0) is 9.59 Å². The molecule has 1 fully saturated rings. The van der Waals surface area contributed by atoms with Gasteiger partial charge in [0.1, 0.15) is 5.57 Å². The number of hydrogen-bond acceptors (Lipinski definition) is 6. The number of anilines is 1. The molecule has 11 heteroatoms. The third-order valence-corrected chi connectivity index (χ3v) is 6.82. The molecule has 1 aromatic heterocycles. The molecule has 2 aromatic carbocycles. The lowest BCUT2D eigenvalue weighted by Crippen LogP contribution is -2.54. The molecule has 0 atom stereocenters. The lowest BCUT2D eigenvalue weighted by atomic mass is 10.0. The van der Waals surface area contributed by atoms with Crippen molar-refractivity contribution in [3.8, 4) is 5.69 Å². The highest BCUT2D eigenvalue weighted by Crippen LogP contribution is 2.31. The van der Waals surface area contributed by atoms with Gasteiger partial charge in [0, 0.05) is 27.9 Å². The van der Waals surface area contributed by atoms with Crippen LogP contribution in [0.25, 0.3) is 11.8 Å². The predicted octanol–water partition coefficient (Wildman–Crippen LogP) is 4.44. The minimum Gasteiger partial charge on any atom is -0.273 e. The van der Waals surface area contributed by atoms with Crippen molar-refractivity contribution in [2.45, 2.75) is 27.7 Å². The third-order valence-electron chi connectivity index (χ3n) is 5.96. The Morgan fingerprint density at radius 1 is 1.06 bits per heavy atom. The zero-order valence-electron chi connectivity index (χ0n) is 19.2. The summed E-state index contributed by atoms with van der Waals surface area (Å²) in [6.07, 6.45) is 1.39. The second-order valence-corrected chi connectivity index (χ2v) is 8.90. The standard InChI is InChI=1S/C24H20BrN5O5/c1-12-13(2)21(9-8-20(12)25)28-23(32)19(22(31)26-24(28)33)11-18-14(3)27-29(15(18)4)16-6-5-7-17(10-16)30(34)35/h5-11H,1-4H3,(H,26,31,33)/b19-11+. The molecule has 0 spiro atoms. The average Bonchev–Trinajstić information content (AvgIpc) is 3.09. The van der Waals surface area contributed by atoms with Crippen molar-refractivity contribution < 1.29 is 19.3 Å². The highest BCUT2D eigenvalue weighted by Gasteiger charge is 2.38. The van der Waals surface area contributed by atoms with Gasteiger partial charge in [-0.3, -0.25) is 25.0 Å². The highest BCUT2D eigenvalue weighted by molar-refractivity contribution is 9.10. The zero-order chi connectivity index (χ0) is 25.6. The van der Waals surface area contributed by atoms with Gasteiger partial charge in [0.05, 0.1) is 22.0 Å². The summed E-state index contributed by atoms with van der Waals surface area (Å²) in [5, 5.41) is 17.8. The topological polar surface area (TPSA) is 127 Å². The van der Waals surface area contributed by atoms with Gasteiger partial charge in [0.2, 0.25) is 0 Å². The Morgan fingerprint density at radius 2 is 1.77 bits per heavy atom. The number of carbonyl (C=O) groups is 3. The first-order chi connectivity index (χ1) is 16.5. The van der Waals surface area contributed by atoms with Crippen LogP contribution < -0.4 is 10.2 Å². The van der Waals surface area contributed by atoms with Gasteiger partial charge in [-0.2, -0.15) is 5.10 Å². The van der Waals surface area contributed by atoms with Crippen LogP contribution in [0, 0.1) is 37.8 Å². The van der Waals surface area contributed by atoms with Gasteiger partial charge in [0.25, 0.3) is 17.5 Å². The van der Waals surface area contributed by atoms with Gasteiger partial charge >= 0.3 is 6.03 Å². The quantitative estimate of drug-likeness (QED) is 0.226. The molecule has 0 radical (unpaired) electrons. The van der Waals surface area contributed by atoms with Gasteiger partial charge < -0.3 is 0 Å². The molecule has 178 valence electrons. The van der Waals surface area contributed by atoms with E-state index < -0.39 is 22.8 Å². The number of amides is 4. The normalized spacial score (nSPS) is 15.1. The van der Waals surface area contributed by atoms with Crippen LogP contribution >= 0.6 is 15.9 Å². The molecule has 0 bridgehead atoms. The highest BCUT2D eigenvalue weighted by atomic mass is 79.9. The Kier molecular flexibility index (Phi) is 6.12. The minimum absolute atomic E-state index is 0.0916. The van der Waals surface area contributed by atoms with Crippen molar-refractivity contribution in [2.24, 2.45) is 0 Å². The molecule has 4 amide bonds. The van der Waals surface area contributed by atoms with E-state index in [0.29, 0.717) is 33.9 Å². The number of non-ortho nitro benzene ring substituents is 1. The maximum atomic E-state index is 13.4. The van der Waals surface area contributed by atoms with E-state index in [0.717, 1.165) is 14.9 Å². The number of nitrogens with zero attached hydrogens (tertiary/aromatic N) is 4. The number of rotatable bonds is 4. The van der Waals surface area contributed by atoms with Gasteiger partial charge in [0.15, 0.2) is 0 Å². The minimum atomic E-state index is -0.831. The number of carbonyl (C=O) groups excluding carboxylic acids is 3. The second kappa shape index (κ2) is 8.91. The molecular weight excluding hydrogens is 518 g/mol.